The van der Waals surface area contributed by atoms with E-state index in [4.69, 9.17) is 24.4 Å². The average molecular weight is 398 g/mol. The van der Waals surface area contributed by atoms with Crippen LogP contribution >= 0.6 is 7.82 Å². The van der Waals surface area contributed by atoms with Gasteiger partial charge in [0.05, 0.1) is 13.2 Å². The summed E-state index contributed by atoms with van der Waals surface area (Å²) in [4.78, 5) is 29.2. The van der Waals surface area contributed by atoms with Gasteiger partial charge >= 0.3 is 13.8 Å². The van der Waals surface area contributed by atoms with Gasteiger partial charge in [-0.2, -0.15) is 0 Å². The lowest BCUT2D eigenvalue weighted by Crippen LogP contribution is -2.28. The van der Waals surface area contributed by atoms with Crippen molar-refractivity contribution in [2.24, 2.45) is 0 Å². The van der Waals surface area contributed by atoms with Crippen LogP contribution in [0.4, 0.5) is 0 Å². The van der Waals surface area contributed by atoms with Crippen LogP contribution in [0.25, 0.3) is 0 Å². The highest BCUT2D eigenvalue weighted by Crippen LogP contribution is 2.35. The Balaban J connectivity index is 3.76. The van der Waals surface area contributed by atoms with E-state index in [9.17, 15) is 9.36 Å². The van der Waals surface area contributed by atoms with Gasteiger partial charge in [0.15, 0.2) is 0 Å². The van der Waals surface area contributed by atoms with Gasteiger partial charge in [0, 0.05) is 6.42 Å². The summed E-state index contributed by atoms with van der Waals surface area (Å²) in [5.41, 5.74) is 0. The Labute approximate surface area is 156 Å². The third-order valence-electron chi connectivity index (χ3n) is 3.86. The maximum absolute atomic E-state index is 11.8. The molecule has 0 radical (unpaired) electrons. The van der Waals surface area contributed by atoms with Gasteiger partial charge in [0.1, 0.15) is 12.9 Å². The predicted molar refractivity (Wildman–Crippen MR) is 97.4 cm³/mol. The van der Waals surface area contributed by atoms with E-state index in [2.05, 4.69) is 11.4 Å². The highest BCUT2D eigenvalue weighted by molar-refractivity contribution is 7.46. The minimum absolute atomic E-state index is 0.194. The average Bonchev–Trinajstić information content (AvgIpc) is 2.58. The normalized spacial score (nSPS) is 12.9. The number of esters is 1. The molecule has 0 fully saturated rings. The van der Waals surface area contributed by atoms with Crippen LogP contribution < -0.4 is 0 Å². The third kappa shape index (κ3) is 18.3. The molecule has 0 aromatic rings. The molecule has 0 aliphatic carbocycles. The van der Waals surface area contributed by atoms with Crippen LogP contribution in [0.2, 0.25) is 0 Å². The molecule has 0 aromatic heterocycles. The maximum Gasteiger partial charge on any atom is 0.469 e. The van der Waals surface area contributed by atoms with E-state index in [0.29, 0.717) is 6.42 Å². The fourth-order valence-electron chi connectivity index (χ4n) is 2.48. The van der Waals surface area contributed by atoms with Gasteiger partial charge in [0.25, 0.3) is 0 Å². The van der Waals surface area contributed by atoms with E-state index in [-0.39, 0.29) is 13.0 Å². The van der Waals surface area contributed by atoms with Gasteiger partial charge in [-0.05, 0) is 6.42 Å². The molecule has 1 atom stereocenters. The lowest BCUT2D eigenvalue weighted by atomic mass is 10.1. The number of aliphatic hydroxyl groups is 1. The first-order valence-electron chi connectivity index (χ1n) is 9.47. The molecule has 0 saturated carbocycles. The fraction of sp³-hybridized carbons (Fsp3) is 0.941. The molecule has 0 aliphatic heterocycles. The number of rotatable bonds is 18. The molecule has 9 heteroatoms. The number of carbonyl (C=O) groups is 1. The fourth-order valence-corrected chi connectivity index (χ4v) is 2.84. The van der Waals surface area contributed by atoms with E-state index in [1.807, 2.05) is 0 Å². The van der Waals surface area contributed by atoms with Crippen LogP contribution in [0.3, 0.4) is 0 Å². The number of hydrogen-bond donors (Lipinski definition) is 3. The number of phosphoric acid groups is 1. The van der Waals surface area contributed by atoms with Crippen LogP contribution in [-0.4, -0.2) is 47.0 Å². The Morgan fingerprint density at radius 2 is 1.46 bits per heavy atom. The Kier molecular flexibility index (Phi) is 16.3. The monoisotopic (exact) mass is 398 g/mol. The quantitative estimate of drug-likeness (QED) is 0.139. The first-order valence-corrected chi connectivity index (χ1v) is 11.0. The summed E-state index contributed by atoms with van der Waals surface area (Å²) in [6.07, 6.45) is 10.9. The summed E-state index contributed by atoms with van der Waals surface area (Å²) in [5, 5.41) is 8.62. The van der Waals surface area contributed by atoms with Crippen molar-refractivity contribution < 1.29 is 38.3 Å². The minimum atomic E-state index is -4.65. The van der Waals surface area contributed by atoms with Crippen LogP contribution in [0, 0.1) is 0 Å². The molecular weight excluding hydrogens is 363 g/mol. The molecule has 3 N–H and O–H groups in total. The second-order valence-corrected chi connectivity index (χ2v) is 7.57. The van der Waals surface area contributed by atoms with Crippen LogP contribution in [-0.2, 0) is 23.4 Å². The molecular formula is C17H35O8P. The summed E-state index contributed by atoms with van der Waals surface area (Å²) in [5.74, 6) is -0.467. The first-order chi connectivity index (χ1) is 12.4. The molecule has 0 spiro atoms. The van der Waals surface area contributed by atoms with E-state index in [1.54, 1.807) is 0 Å². The number of ether oxygens (including phenoxy) is 2. The topological polar surface area (TPSA) is 123 Å². The Morgan fingerprint density at radius 3 is 1.96 bits per heavy atom. The summed E-state index contributed by atoms with van der Waals surface area (Å²) < 4.78 is 24.8. The lowest BCUT2D eigenvalue weighted by Gasteiger charge is -2.17. The third-order valence-corrected chi connectivity index (χ3v) is 4.34. The van der Waals surface area contributed by atoms with Gasteiger partial charge in [-0.15, -0.1) is 0 Å². The standard InChI is InChI=1S/C17H35O8P/c1-2-3-4-5-6-7-8-9-10-11-12-17(19)25-16(13-23-15-18)14-24-26(20,21)22/h16,18H,2-15H2,1H3,(H2,20,21,22)/t16-/m1/s1. The van der Waals surface area contributed by atoms with Crippen LogP contribution in [0.5, 0.6) is 0 Å². The number of hydrogen-bond acceptors (Lipinski definition) is 6. The molecule has 0 aliphatic rings. The van der Waals surface area contributed by atoms with Gasteiger partial charge in [-0.3, -0.25) is 9.32 Å². The van der Waals surface area contributed by atoms with Crippen molar-refractivity contribution in [2.75, 3.05) is 20.0 Å². The summed E-state index contributed by atoms with van der Waals surface area (Å²) in [7, 11) is -4.65. The second kappa shape index (κ2) is 16.7. The summed E-state index contributed by atoms with van der Waals surface area (Å²) in [6, 6.07) is 0. The van der Waals surface area contributed by atoms with E-state index in [1.165, 1.54) is 44.9 Å². The molecule has 0 bridgehead atoms. The van der Waals surface area contributed by atoms with Gasteiger partial charge in [-0.1, -0.05) is 64.7 Å². The summed E-state index contributed by atoms with van der Waals surface area (Å²) in [6.45, 7) is 0.939. The number of aliphatic hydroxyl groups excluding tert-OH is 1. The molecule has 0 amide bonds. The molecule has 8 nitrogen and oxygen atoms in total. The van der Waals surface area contributed by atoms with Crippen molar-refractivity contribution in [1.82, 2.24) is 0 Å². The van der Waals surface area contributed by atoms with Crippen molar-refractivity contribution in [3.05, 3.63) is 0 Å². The highest BCUT2D eigenvalue weighted by Gasteiger charge is 2.21. The van der Waals surface area contributed by atoms with Crippen molar-refractivity contribution in [3.63, 3.8) is 0 Å². The Bertz CT molecular complexity index is 385. The van der Waals surface area contributed by atoms with Crippen molar-refractivity contribution in [3.8, 4) is 0 Å². The first kappa shape index (κ1) is 25.5. The summed E-state index contributed by atoms with van der Waals surface area (Å²) >= 11 is 0. The van der Waals surface area contributed by atoms with E-state index < -0.39 is 33.3 Å². The zero-order chi connectivity index (χ0) is 19.7. The maximum atomic E-state index is 11.8. The largest absolute Gasteiger partial charge is 0.469 e. The molecule has 0 heterocycles. The molecule has 156 valence electrons. The van der Waals surface area contributed by atoms with E-state index in [0.717, 1.165) is 12.8 Å². The molecule has 26 heavy (non-hydrogen) atoms. The van der Waals surface area contributed by atoms with Gasteiger partial charge in [-0.25, -0.2) is 4.57 Å². The molecule has 0 unspecified atom stereocenters. The second-order valence-electron chi connectivity index (χ2n) is 6.33. The number of unbranched alkanes of at least 4 members (excludes halogenated alkanes) is 9. The molecule has 0 saturated heterocycles. The van der Waals surface area contributed by atoms with Crippen LogP contribution in [0.1, 0.15) is 77.6 Å². The number of carbonyl (C=O) groups excluding carboxylic acids is 1. The van der Waals surface area contributed by atoms with Crippen molar-refractivity contribution >= 4 is 13.8 Å². The highest BCUT2D eigenvalue weighted by atomic mass is 31.2. The Hall–Kier alpha value is -0.500. The zero-order valence-corrected chi connectivity index (χ0v) is 16.7. The SMILES string of the molecule is CCCCCCCCCCCCC(=O)O[C@H](COCO)COP(=O)(O)O. The van der Waals surface area contributed by atoms with Crippen molar-refractivity contribution in [2.45, 2.75) is 83.7 Å². The predicted octanol–water partition coefficient (Wildman–Crippen LogP) is 3.28. The van der Waals surface area contributed by atoms with Crippen molar-refractivity contribution in [1.29, 1.82) is 0 Å². The molecule has 0 aromatic carbocycles. The smallest absolute Gasteiger partial charge is 0.457 e. The minimum Gasteiger partial charge on any atom is -0.457 e. The van der Waals surface area contributed by atoms with E-state index >= 15 is 0 Å². The number of phosphoric ester groups is 1. The lowest BCUT2D eigenvalue weighted by molar-refractivity contribution is -0.157. The van der Waals surface area contributed by atoms with Gasteiger partial charge in [0.2, 0.25) is 0 Å². The Morgan fingerprint density at radius 1 is 0.923 bits per heavy atom. The van der Waals surface area contributed by atoms with Crippen LogP contribution in [0.15, 0.2) is 0 Å². The zero-order valence-electron chi connectivity index (χ0n) is 15.8. The molecule has 0 rings (SSSR count). The van der Waals surface area contributed by atoms with Gasteiger partial charge < -0.3 is 24.4 Å².